The van der Waals surface area contributed by atoms with Crippen molar-refractivity contribution in [3.63, 3.8) is 0 Å². The van der Waals surface area contributed by atoms with Crippen molar-refractivity contribution in [1.29, 1.82) is 0 Å². The van der Waals surface area contributed by atoms with E-state index in [0.29, 0.717) is 5.56 Å². The van der Waals surface area contributed by atoms with Crippen LogP contribution in [0.25, 0.3) is 5.82 Å². The van der Waals surface area contributed by atoms with Crippen LogP contribution in [0.15, 0.2) is 54.7 Å². The second-order valence-electron chi connectivity index (χ2n) is 6.70. The smallest absolute Gasteiger partial charge is 0.256 e. The predicted octanol–water partition coefficient (Wildman–Crippen LogP) is 3.30. The van der Waals surface area contributed by atoms with Gasteiger partial charge in [0.05, 0.1) is 25.3 Å². The van der Waals surface area contributed by atoms with Crippen molar-refractivity contribution in [3.8, 4) is 11.6 Å². The fraction of sp³-hybridized carbons (Fsp3) is 0.273. The summed E-state index contributed by atoms with van der Waals surface area (Å²) in [6.45, 7) is 3.68. The van der Waals surface area contributed by atoms with E-state index in [0.717, 1.165) is 28.5 Å². The molecule has 3 rings (SSSR count). The van der Waals surface area contributed by atoms with Gasteiger partial charge in [-0.25, -0.2) is 4.98 Å². The Labute approximate surface area is 165 Å². The minimum absolute atomic E-state index is 0.148. The van der Waals surface area contributed by atoms with Crippen LogP contribution in [-0.2, 0) is 0 Å². The van der Waals surface area contributed by atoms with Crippen LogP contribution < -0.4 is 4.74 Å². The van der Waals surface area contributed by atoms with Gasteiger partial charge in [-0.3, -0.25) is 4.79 Å². The molecule has 1 N–H and O–H groups in total. The summed E-state index contributed by atoms with van der Waals surface area (Å²) < 4.78 is 7.14. The monoisotopic (exact) mass is 379 g/mol. The number of nitrogens with zero attached hydrogens (tertiary/aromatic N) is 3. The second-order valence-corrected chi connectivity index (χ2v) is 6.70. The second kappa shape index (κ2) is 8.27. The highest BCUT2D eigenvalue weighted by Crippen LogP contribution is 2.26. The molecule has 0 radical (unpaired) electrons. The molecule has 3 aromatic rings. The molecule has 0 bridgehead atoms. The third-order valence-corrected chi connectivity index (χ3v) is 5.00. The fourth-order valence-corrected chi connectivity index (χ4v) is 3.43. The first-order valence-corrected chi connectivity index (χ1v) is 9.10. The van der Waals surface area contributed by atoms with E-state index in [1.54, 1.807) is 25.3 Å². The number of methoxy groups -OCH3 is 1. The highest BCUT2D eigenvalue weighted by atomic mass is 16.5. The number of aryl methyl sites for hydroxylation is 1. The van der Waals surface area contributed by atoms with Crippen LogP contribution in [0.3, 0.4) is 0 Å². The Hall–Kier alpha value is -3.12. The van der Waals surface area contributed by atoms with Crippen LogP contribution >= 0.6 is 0 Å². The minimum Gasteiger partial charge on any atom is -0.497 e. The molecule has 28 heavy (non-hydrogen) atoms. The van der Waals surface area contributed by atoms with Crippen molar-refractivity contribution in [3.05, 3.63) is 77.2 Å². The van der Waals surface area contributed by atoms with Crippen molar-refractivity contribution >= 4 is 5.91 Å². The van der Waals surface area contributed by atoms with Crippen molar-refractivity contribution in [1.82, 2.24) is 14.5 Å². The molecule has 146 valence electrons. The Bertz CT molecular complexity index is 949. The summed E-state index contributed by atoms with van der Waals surface area (Å²) >= 11 is 0. The zero-order chi connectivity index (χ0) is 20.3. The summed E-state index contributed by atoms with van der Waals surface area (Å²) in [5.74, 6) is 1.35. The topological polar surface area (TPSA) is 67.6 Å². The molecule has 0 fully saturated rings. The van der Waals surface area contributed by atoms with Gasteiger partial charge in [-0.1, -0.05) is 18.2 Å². The van der Waals surface area contributed by atoms with Gasteiger partial charge in [0.25, 0.3) is 5.91 Å². The summed E-state index contributed by atoms with van der Waals surface area (Å²) in [5.41, 5.74) is 3.19. The lowest BCUT2D eigenvalue weighted by atomic mass is 10.0. The van der Waals surface area contributed by atoms with Crippen LogP contribution in [0.2, 0.25) is 0 Å². The number of hydrogen-bond acceptors (Lipinski definition) is 4. The molecular weight excluding hydrogens is 354 g/mol. The Kier molecular flexibility index (Phi) is 5.80. The van der Waals surface area contributed by atoms with Gasteiger partial charge in [-0.15, -0.1) is 0 Å². The number of aliphatic hydroxyl groups excluding tert-OH is 1. The first-order chi connectivity index (χ1) is 13.5. The van der Waals surface area contributed by atoms with Gasteiger partial charge in [0.2, 0.25) is 0 Å². The third-order valence-electron chi connectivity index (χ3n) is 5.00. The first kappa shape index (κ1) is 19.6. The van der Waals surface area contributed by atoms with Crippen molar-refractivity contribution < 1.29 is 14.6 Å². The zero-order valence-corrected chi connectivity index (χ0v) is 16.6. The van der Waals surface area contributed by atoms with Crippen molar-refractivity contribution in [2.24, 2.45) is 0 Å². The van der Waals surface area contributed by atoms with Gasteiger partial charge in [0, 0.05) is 24.6 Å². The van der Waals surface area contributed by atoms with E-state index >= 15 is 0 Å². The SMILES string of the molecule is COc1ccc(C(CO)N(C)C(=O)c2cc(C)n(-c3ccccn3)c2C)cc1. The normalized spacial score (nSPS) is 11.9. The minimum atomic E-state index is -0.448. The van der Waals surface area contributed by atoms with Crippen LogP contribution in [-0.4, -0.2) is 46.2 Å². The number of aliphatic hydroxyl groups is 1. The van der Waals surface area contributed by atoms with Crippen molar-refractivity contribution in [2.75, 3.05) is 20.8 Å². The summed E-state index contributed by atoms with van der Waals surface area (Å²) in [6.07, 6.45) is 1.73. The molecule has 0 saturated heterocycles. The maximum absolute atomic E-state index is 13.2. The fourth-order valence-electron chi connectivity index (χ4n) is 3.43. The number of carbonyl (C=O) groups is 1. The third kappa shape index (κ3) is 3.64. The van der Waals surface area contributed by atoms with Gasteiger partial charge >= 0.3 is 0 Å². The average Bonchev–Trinajstić information content (AvgIpc) is 3.03. The molecule has 2 aromatic heterocycles. The molecule has 1 aromatic carbocycles. The van der Waals surface area contributed by atoms with E-state index in [1.165, 1.54) is 0 Å². The molecule has 1 amide bonds. The van der Waals surface area contributed by atoms with E-state index in [-0.39, 0.29) is 12.5 Å². The molecule has 6 heteroatoms. The molecular formula is C22H25N3O3. The van der Waals surface area contributed by atoms with Crippen LogP contribution in [0, 0.1) is 13.8 Å². The average molecular weight is 379 g/mol. The molecule has 1 atom stereocenters. The van der Waals surface area contributed by atoms with Crippen LogP contribution in [0.4, 0.5) is 0 Å². The number of amides is 1. The molecule has 0 aliphatic rings. The molecule has 0 spiro atoms. The molecule has 0 aliphatic carbocycles. The van der Waals surface area contributed by atoms with Gasteiger partial charge in [-0.05, 0) is 49.7 Å². The number of aromatic nitrogens is 2. The predicted molar refractivity (Wildman–Crippen MR) is 108 cm³/mol. The highest BCUT2D eigenvalue weighted by Gasteiger charge is 2.26. The number of hydrogen-bond donors (Lipinski definition) is 1. The lowest BCUT2D eigenvalue weighted by Gasteiger charge is -2.27. The van der Waals surface area contributed by atoms with Gasteiger partial charge in [0.15, 0.2) is 0 Å². The highest BCUT2D eigenvalue weighted by molar-refractivity contribution is 5.96. The van der Waals surface area contributed by atoms with Gasteiger partial charge in [-0.2, -0.15) is 0 Å². The number of likely N-dealkylation sites (N-methyl/N-ethyl adjacent to an activating group) is 1. The molecule has 0 aliphatic heterocycles. The maximum Gasteiger partial charge on any atom is 0.256 e. The number of carbonyl (C=O) groups excluding carboxylic acids is 1. The summed E-state index contributed by atoms with van der Waals surface area (Å²) in [5, 5.41) is 9.94. The Morgan fingerprint density at radius 1 is 1.21 bits per heavy atom. The lowest BCUT2D eigenvalue weighted by molar-refractivity contribution is 0.0658. The largest absolute Gasteiger partial charge is 0.497 e. The number of benzene rings is 1. The summed E-state index contributed by atoms with van der Waals surface area (Å²) in [4.78, 5) is 19.2. The summed E-state index contributed by atoms with van der Waals surface area (Å²) in [6, 6.07) is 14.5. The summed E-state index contributed by atoms with van der Waals surface area (Å²) in [7, 11) is 3.31. The van der Waals surface area contributed by atoms with Gasteiger partial charge < -0.3 is 19.3 Å². The van der Waals surface area contributed by atoms with E-state index in [9.17, 15) is 9.90 Å². The number of pyridine rings is 1. The first-order valence-electron chi connectivity index (χ1n) is 9.10. The Morgan fingerprint density at radius 3 is 2.50 bits per heavy atom. The van der Waals surface area contributed by atoms with Gasteiger partial charge in [0.1, 0.15) is 11.6 Å². The maximum atomic E-state index is 13.2. The van der Waals surface area contributed by atoms with E-state index in [1.807, 2.05) is 66.9 Å². The molecule has 1 unspecified atom stereocenters. The quantitative estimate of drug-likeness (QED) is 0.714. The van der Waals surface area contributed by atoms with E-state index in [4.69, 9.17) is 4.74 Å². The number of rotatable bonds is 6. The van der Waals surface area contributed by atoms with Crippen LogP contribution in [0.5, 0.6) is 5.75 Å². The zero-order valence-electron chi connectivity index (χ0n) is 16.6. The Morgan fingerprint density at radius 2 is 1.93 bits per heavy atom. The van der Waals surface area contributed by atoms with Crippen molar-refractivity contribution in [2.45, 2.75) is 19.9 Å². The van der Waals surface area contributed by atoms with Crippen LogP contribution in [0.1, 0.15) is 33.4 Å². The number of ether oxygens (including phenoxy) is 1. The van der Waals surface area contributed by atoms with E-state index < -0.39 is 6.04 Å². The lowest BCUT2D eigenvalue weighted by Crippen LogP contribution is -2.33. The molecule has 6 nitrogen and oxygen atoms in total. The van der Waals surface area contributed by atoms with E-state index in [2.05, 4.69) is 4.98 Å². The molecule has 0 saturated carbocycles. The standard InChI is InChI=1S/C22H25N3O3/c1-15-13-19(16(2)25(15)21-7-5-6-12-23-21)22(27)24(3)20(14-26)17-8-10-18(28-4)11-9-17/h5-13,20,26H,14H2,1-4H3. The Balaban J connectivity index is 1.92. The molecule has 2 heterocycles.